The summed E-state index contributed by atoms with van der Waals surface area (Å²) in [7, 11) is 1.78. The lowest BCUT2D eigenvalue weighted by Crippen LogP contribution is -2.28. The van der Waals surface area contributed by atoms with E-state index in [4.69, 9.17) is 5.73 Å². The molecule has 2 rings (SSSR count). The van der Waals surface area contributed by atoms with Crippen molar-refractivity contribution in [3.8, 4) is 0 Å². The van der Waals surface area contributed by atoms with Crippen LogP contribution in [0.5, 0.6) is 0 Å². The maximum atomic E-state index is 13.2. The van der Waals surface area contributed by atoms with Gasteiger partial charge in [0, 0.05) is 18.3 Å². The molecule has 0 bridgehead atoms. The van der Waals surface area contributed by atoms with Gasteiger partial charge in [-0.05, 0) is 25.1 Å². The molecular formula is C12H14FN5O. The second-order valence-corrected chi connectivity index (χ2v) is 4.27. The molecule has 6 nitrogen and oxygen atoms in total. The van der Waals surface area contributed by atoms with Crippen LogP contribution in [0.25, 0.3) is 0 Å². The summed E-state index contributed by atoms with van der Waals surface area (Å²) in [5.41, 5.74) is 5.88. The van der Waals surface area contributed by atoms with Crippen LogP contribution >= 0.6 is 0 Å². The number of nitrogen functional groups attached to an aromatic ring is 1. The van der Waals surface area contributed by atoms with Crippen LogP contribution in [-0.2, 0) is 7.05 Å². The van der Waals surface area contributed by atoms with Crippen molar-refractivity contribution in [2.24, 2.45) is 7.05 Å². The molecule has 0 saturated heterocycles. The van der Waals surface area contributed by atoms with Crippen LogP contribution in [0.15, 0.2) is 24.5 Å². The SMILES string of the molecule is CC(NC(=O)c1cc(N)cc(F)c1)c1nncn1C. The number of carbonyl (C=O) groups is 1. The summed E-state index contributed by atoms with van der Waals surface area (Å²) < 4.78 is 14.9. The average molecular weight is 263 g/mol. The van der Waals surface area contributed by atoms with Crippen LogP contribution in [0.1, 0.15) is 29.1 Å². The standard InChI is InChI=1S/C12H14FN5O/c1-7(11-17-15-6-18(11)2)16-12(19)8-3-9(13)5-10(14)4-8/h3-7H,14H2,1-2H3,(H,16,19). The first-order valence-corrected chi connectivity index (χ1v) is 5.68. The van der Waals surface area contributed by atoms with E-state index in [0.29, 0.717) is 5.82 Å². The molecule has 0 spiro atoms. The Morgan fingerprint density at radius 1 is 1.47 bits per heavy atom. The Bertz CT molecular complexity index is 590. The van der Waals surface area contributed by atoms with E-state index in [0.717, 1.165) is 12.1 Å². The number of benzene rings is 1. The highest BCUT2D eigenvalue weighted by Gasteiger charge is 2.16. The first kappa shape index (κ1) is 13.0. The van der Waals surface area contributed by atoms with Crippen molar-refractivity contribution in [3.63, 3.8) is 0 Å². The minimum atomic E-state index is -0.545. The summed E-state index contributed by atoms with van der Waals surface area (Å²) in [6.07, 6.45) is 1.54. The van der Waals surface area contributed by atoms with Crippen molar-refractivity contribution in [2.45, 2.75) is 13.0 Å². The Balaban J connectivity index is 2.15. The van der Waals surface area contributed by atoms with E-state index in [1.165, 1.54) is 12.4 Å². The molecule has 1 amide bonds. The van der Waals surface area contributed by atoms with Crippen LogP contribution in [0.3, 0.4) is 0 Å². The number of nitrogens with zero attached hydrogens (tertiary/aromatic N) is 3. The lowest BCUT2D eigenvalue weighted by Gasteiger charge is -2.13. The molecule has 1 unspecified atom stereocenters. The van der Waals surface area contributed by atoms with Gasteiger partial charge in [0.15, 0.2) is 5.82 Å². The minimum Gasteiger partial charge on any atom is -0.399 e. The Kier molecular flexibility index (Phi) is 3.46. The molecule has 0 aliphatic rings. The van der Waals surface area contributed by atoms with Gasteiger partial charge in [-0.2, -0.15) is 0 Å². The van der Waals surface area contributed by atoms with Crippen molar-refractivity contribution < 1.29 is 9.18 Å². The van der Waals surface area contributed by atoms with E-state index < -0.39 is 11.7 Å². The summed E-state index contributed by atoms with van der Waals surface area (Å²) in [6, 6.07) is 3.37. The number of halogens is 1. The van der Waals surface area contributed by atoms with Crippen molar-refractivity contribution in [3.05, 3.63) is 41.7 Å². The van der Waals surface area contributed by atoms with Gasteiger partial charge in [-0.15, -0.1) is 10.2 Å². The zero-order chi connectivity index (χ0) is 14.0. The highest BCUT2D eigenvalue weighted by atomic mass is 19.1. The minimum absolute atomic E-state index is 0.173. The van der Waals surface area contributed by atoms with Gasteiger partial charge in [0.2, 0.25) is 0 Å². The lowest BCUT2D eigenvalue weighted by molar-refractivity contribution is 0.0937. The molecule has 19 heavy (non-hydrogen) atoms. The van der Waals surface area contributed by atoms with Gasteiger partial charge in [-0.25, -0.2) is 4.39 Å². The highest BCUT2D eigenvalue weighted by Crippen LogP contribution is 2.13. The zero-order valence-corrected chi connectivity index (χ0v) is 10.6. The van der Waals surface area contributed by atoms with Crippen LogP contribution in [0, 0.1) is 5.82 Å². The van der Waals surface area contributed by atoms with Crippen LogP contribution in [0.4, 0.5) is 10.1 Å². The number of aryl methyl sites for hydroxylation is 1. The molecule has 2 aromatic rings. The Morgan fingerprint density at radius 3 is 2.79 bits per heavy atom. The van der Waals surface area contributed by atoms with E-state index in [-0.39, 0.29) is 17.3 Å². The largest absolute Gasteiger partial charge is 0.399 e. The first-order valence-electron chi connectivity index (χ1n) is 5.68. The molecule has 1 heterocycles. The van der Waals surface area contributed by atoms with Crippen LogP contribution in [0.2, 0.25) is 0 Å². The summed E-state index contributed by atoms with van der Waals surface area (Å²) in [5.74, 6) is -0.351. The molecule has 0 saturated carbocycles. The fraction of sp³-hybridized carbons (Fsp3) is 0.250. The molecule has 100 valence electrons. The summed E-state index contributed by atoms with van der Waals surface area (Å²) in [5, 5.41) is 10.3. The second-order valence-electron chi connectivity index (χ2n) is 4.27. The van der Waals surface area contributed by atoms with Gasteiger partial charge in [-0.1, -0.05) is 0 Å². The van der Waals surface area contributed by atoms with Crippen LogP contribution in [-0.4, -0.2) is 20.7 Å². The number of nitrogens with two attached hydrogens (primary N) is 1. The maximum absolute atomic E-state index is 13.2. The van der Waals surface area contributed by atoms with Crippen molar-refractivity contribution in [1.82, 2.24) is 20.1 Å². The monoisotopic (exact) mass is 263 g/mol. The fourth-order valence-corrected chi connectivity index (χ4v) is 1.77. The number of amides is 1. The topological polar surface area (TPSA) is 85.8 Å². The van der Waals surface area contributed by atoms with Gasteiger partial charge < -0.3 is 15.6 Å². The van der Waals surface area contributed by atoms with Crippen LogP contribution < -0.4 is 11.1 Å². The molecule has 1 aromatic heterocycles. The first-order chi connectivity index (χ1) is 8.97. The molecule has 0 radical (unpaired) electrons. The highest BCUT2D eigenvalue weighted by molar-refractivity contribution is 5.95. The average Bonchev–Trinajstić information content (AvgIpc) is 2.74. The molecule has 1 aromatic carbocycles. The lowest BCUT2D eigenvalue weighted by atomic mass is 10.1. The third-order valence-corrected chi connectivity index (χ3v) is 2.66. The quantitative estimate of drug-likeness (QED) is 0.810. The maximum Gasteiger partial charge on any atom is 0.252 e. The molecule has 0 aliphatic heterocycles. The van der Waals surface area contributed by atoms with E-state index in [9.17, 15) is 9.18 Å². The van der Waals surface area contributed by atoms with Crippen molar-refractivity contribution >= 4 is 11.6 Å². The summed E-state index contributed by atoms with van der Waals surface area (Å²) >= 11 is 0. The number of carbonyl (C=O) groups excluding carboxylic acids is 1. The molecule has 0 aliphatic carbocycles. The molecule has 3 N–H and O–H groups in total. The second kappa shape index (κ2) is 5.05. The Labute approximate surface area is 109 Å². The predicted octanol–water partition coefficient (Wildman–Crippen LogP) is 1.03. The van der Waals surface area contributed by atoms with Gasteiger partial charge in [-0.3, -0.25) is 4.79 Å². The number of anilines is 1. The predicted molar refractivity (Wildman–Crippen MR) is 67.7 cm³/mol. The molecule has 0 fully saturated rings. The Hall–Kier alpha value is -2.44. The van der Waals surface area contributed by atoms with Crippen molar-refractivity contribution in [2.75, 3.05) is 5.73 Å². The zero-order valence-electron chi connectivity index (χ0n) is 10.6. The number of hydrogen-bond donors (Lipinski definition) is 2. The van der Waals surface area contributed by atoms with E-state index in [1.54, 1.807) is 18.5 Å². The van der Waals surface area contributed by atoms with Gasteiger partial charge in [0.25, 0.3) is 5.91 Å². The number of rotatable bonds is 3. The normalized spacial score (nSPS) is 12.2. The number of nitrogens with one attached hydrogen (secondary N) is 1. The molecule has 1 atom stereocenters. The molecular weight excluding hydrogens is 249 g/mol. The summed E-state index contributed by atoms with van der Waals surface area (Å²) in [6.45, 7) is 1.77. The van der Waals surface area contributed by atoms with Gasteiger partial charge >= 0.3 is 0 Å². The van der Waals surface area contributed by atoms with E-state index in [1.807, 2.05) is 0 Å². The fourth-order valence-electron chi connectivity index (χ4n) is 1.77. The van der Waals surface area contributed by atoms with Gasteiger partial charge in [0.1, 0.15) is 12.1 Å². The Morgan fingerprint density at radius 2 is 2.21 bits per heavy atom. The van der Waals surface area contributed by atoms with Crippen molar-refractivity contribution in [1.29, 1.82) is 0 Å². The molecule has 7 heteroatoms. The number of hydrogen-bond acceptors (Lipinski definition) is 4. The summed E-state index contributed by atoms with van der Waals surface area (Å²) in [4.78, 5) is 12.0. The smallest absolute Gasteiger partial charge is 0.252 e. The van der Waals surface area contributed by atoms with Gasteiger partial charge in [0.05, 0.1) is 6.04 Å². The number of aromatic nitrogens is 3. The third kappa shape index (κ3) is 2.87. The van der Waals surface area contributed by atoms with E-state index in [2.05, 4.69) is 15.5 Å². The van der Waals surface area contributed by atoms with E-state index >= 15 is 0 Å². The third-order valence-electron chi connectivity index (χ3n) is 2.66.